The van der Waals surface area contributed by atoms with E-state index in [-0.39, 0.29) is 17.4 Å². The Morgan fingerprint density at radius 1 is 1.22 bits per heavy atom. The Morgan fingerprint density at radius 2 is 1.97 bits per heavy atom. The van der Waals surface area contributed by atoms with Crippen molar-refractivity contribution in [1.29, 1.82) is 0 Å². The van der Waals surface area contributed by atoms with Crippen LogP contribution in [0.2, 0.25) is 0 Å². The monoisotopic (exact) mass is 441 g/mol. The Morgan fingerprint density at radius 3 is 2.69 bits per heavy atom. The topological polar surface area (TPSA) is 72.5 Å². The van der Waals surface area contributed by atoms with Gasteiger partial charge >= 0.3 is 6.09 Å². The van der Waals surface area contributed by atoms with Crippen LogP contribution >= 0.6 is 0 Å². The van der Waals surface area contributed by atoms with Gasteiger partial charge in [0.2, 0.25) is 5.78 Å². The number of ether oxygens (including phenoxy) is 1. The summed E-state index contributed by atoms with van der Waals surface area (Å²) >= 11 is 0. The number of hydrogen-bond donors (Lipinski definition) is 1. The summed E-state index contributed by atoms with van der Waals surface area (Å²) in [5, 5.41) is 2.88. The summed E-state index contributed by atoms with van der Waals surface area (Å²) in [7, 11) is 0. The van der Waals surface area contributed by atoms with E-state index >= 15 is 0 Å². The number of carbonyl (C=O) groups is 3. The Bertz CT molecular complexity index is 847. The number of nitrogens with one attached hydrogen (secondary N) is 1. The Labute approximate surface area is 192 Å². The van der Waals surface area contributed by atoms with Gasteiger partial charge in [-0.2, -0.15) is 0 Å². The maximum Gasteiger partial charge on any atom is 0.408 e. The predicted octanol–water partition coefficient (Wildman–Crippen LogP) is 5.54. The summed E-state index contributed by atoms with van der Waals surface area (Å²) < 4.78 is 6.00. The average molecular weight is 442 g/mol. The third-order valence-electron chi connectivity index (χ3n) is 9.59. The lowest BCUT2D eigenvalue weighted by Crippen LogP contribution is -2.60. The van der Waals surface area contributed by atoms with Gasteiger partial charge in [-0.15, -0.1) is 0 Å². The molecule has 0 heterocycles. The second-order valence-corrected chi connectivity index (χ2v) is 11.1. The van der Waals surface area contributed by atoms with Crippen molar-refractivity contribution in [3.05, 3.63) is 23.8 Å². The highest BCUT2D eigenvalue weighted by Crippen LogP contribution is 2.67. The van der Waals surface area contributed by atoms with Crippen molar-refractivity contribution in [2.75, 3.05) is 0 Å². The molecule has 5 nitrogen and oxygen atoms in total. The van der Waals surface area contributed by atoms with Gasteiger partial charge in [0.15, 0.2) is 11.9 Å². The van der Waals surface area contributed by atoms with Gasteiger partial charge in [-0.05, 0) is 76.0 Å². The lowest BCUT2D eigenvalue weighted by molar-refractivity contribution is -0.162. The number of Topliss-reactive ketones (excluding diaryl/α,β-unsaturated/α-hetero) is 1. The van der Waals surface area contributed by atoms with Gasteiger partial charge < -0.3 is 10.1 Å². The van der Waals surface area contributed by atoms with Crippen LogP contribution in [0.25, 0.3) is 0 Å². The first-order valence-corrected chi connectivity index (χ1v) is 12.6. The molecular weight excluding hydrogens is 402 g/mol. The van der Waals surface area contributed by atoms with E-state index in [1.165, 1.54) is 0 Å². The molecule has 176 valence electrons. The highest BCUT2D eigenvalue weighted by molar-refractivity contribution is 6.29. The molecular formula is C27H39NO4. The molecule has 4 rings (SSSR count). The number of allylic oxidation sites excluding steroid dienone is 4. The van der Waals surface area contributed by atoms with E-state index in [0.29, 0.717) is 24.5 Å². The summed E-state index contributed by atoms with van der Waals surface area (Å²) in [5.41, 5.74) is -0.192. The zero-order valence-electron chi connectivity index (χ0n) is 20.1. The lowest BCUT2D eigenvalue weighted by Gasteiger charge is -2.58. The maximum atomic E-state index is 13.1. The Hall–Kier alpha value is -1.91. The van der Waals surface area contributed by atoms with Gasteiger partial charge in [0.25, 0.3) is 0 Å². The van der Waals surface area contributed by atoms with Crippen LogP contribution < -0.4 is 5.32 Å². The van der Waals surface area contributed by atoms with E-state index in [2.05, 4.69) is 44.3 Å². The second kappa shape index (κ2) is 8.46. The molecule has 7 atom stereocenters. The minimum Gasteiger partial charge on any atom is -0.434 e. The van der Waals surface area contributed by atoms with E-state index in [0.717, 1.165) is 51.4 Å². The van der Waals surface area contributed by atoms with Crippen molar-refractivity contribution in [1.82, 2.24) is 5.32 Å². The highest BCUT2D eigenvalue weighted by atomic mass is 16.6. The minimum atomic E-state index is -1.35. The van der Waals surface area contributed by atoms with E-state index in [1.807, 2.05) is 6.92 Å². The molecule has 0 aliphatic heterocycles. The molecule has 32 heavy (non-hydrogen) atoms. The standard InChI is InChI=1S/C27H39NO4/c1-5-8-18(2)28-24(31)32-27(23(30)17-29)16-13-22-20-11-10-19-9-6-7-14-25(19,3)21(20)12-15-26(22,27)4/h7,9,14,17-18,20-22H,5-6,8,10-13,15-16H2,1-4H3,(H,28,31)/t18?,20-,21+,22+,25+,26+,27+/m1/s1. The van der Waals surface area contributed by atoms with Gasteiger partial charge in [0, 0.05) is 16.9 Å². The summed E-state index contributed by atoms with van der Waals surface area (Å²) in [6.45, 7) is 8.49. The van der Waals surface area contributed by atoms with Crippen molar-refractivity contribution in [2.45, 2.75) is 97.1 Å². The van der Waals surface area contributed by atoms with Gasteiger partial charge in [-0.3, -0.25) is 9.59 Å². The molecule has 0 bridgehead atoms. The number of carbonyl (C=O) groups excluding carboxylic acids is 3. The summed E-state index contributed by atoms with van der Waals surface area (Å²) in [6.07, 6.45) is 15.0. The molecule has 1 N–H and O–H groups in total. The van der Waals surface area contributed by atoms with Gasteiger partial charge in [0.05, 0.1) is 0 Å². The fraction of sp³-hybridized carbons (Fsp3) is 0.741. The van der Waals surface area contributed by atoms with E-state index in [1.54, 1.807) is 5.57 Å². The van der Waals surface area contributed by atoms with Crippen molar-refractivity contribution < 1.29 is 19.1 Å². The molecule has 0 aromatic carbocycles. The van der Waals surface area contributed by atoms with Crippen LogP contribution in [0.4, 0.5) is 4.79 Å². The molecule has 3 fully saturated rings. The SMILES string of the molecule is CCCC(C)NC(=O)O[C@]1(C(=O)C=O)CC[C@H]2[C@@H]3CCC4=CCC=C[C@]4(C)[C@H]3CC[C@@]21C. The predicted molar refractivity (Wildman–Crippen MR) is 124 cm³/mol. The van der Waals surface area contributed by atoms with Gasteiger partial charge in [-0.25, -0.2) is 4.79 Å². The number of hydrogen-bond acceptors (Lipinski definition) is 4. The zero-order chi connectivity index (χ0) is 23.1. The molecule has 3 saturated carbocycles. The fourth-order valence-corrected chi connectivity index (χ4v) is 7.95. The summed E-state index contributed by atoms with van der Waals surface area (Å²) in [6, 6.07) is -0.0294. The van der Waals surface area contributed by atoms with Crippen molar-refractivity contribution >= 4 is 18.2 Å². The molecule has 0 aromatic heterocycles. The van der Waals surface area contributed by atoms with Crippen LogP contribution in [0.3, 0.4) is 0 Å². The van der Waals surface area contributed by atoms with Crippen LogP contribution in [0.5, 0.6) is 0 Å². The average Bonchev–Trinajstić information content (AvgIpc) is 3.05. The van der Waals surface area contributed by atoms with Gasteiger partial charge in [0.1, 0.15) is 0 Å². The molecule has 0 radical (unpaired) electrons. The smallest absolute Gasteiger partial charge is 0.408 e. The highest BCUT2D eigenvalue weighted by Gasteiger charge is 2.68. The van der Waals surface area contributed by atoms with Crippen LogP contribution in [-0.4, -0.2) is 29.8 Å². The van der Waals surface area contributed by atoms with Crippen LogP contribution in [0.1, 0.15) is 85.5 Å². The molecule has 0 saturated heterocycles. The first-order valence-electron chi connectivity index (χ1n) is 12.6. The van der Waals surface area contributed by atoms with Crippen LogP contribution in [0.15, 0.2) is 23.8 Å². The molecule has 1 unspecified atom stereocenters. The Balaban J connectivity index is 1.63. The lowest BCUT2D eigenvalue weighted by atomic mass is 9.47. The van der Waals surface area contributed by atoms with E-state index in [4.69, 9.17) is 4.74 Å². The molecule has 0 spiro atoms. The van der Waals surface area contributed by atoms with Crippen molar-refractivity contribution in [3.8, 4) is 0 Å². The number of alkyl carbamates (subject to hydrolysis) is 1. The van der Waals surface area contributed by atoms with Crippen LogP contribution in [-0.2, 0) is 14.3 Å². The normalized spacial score (nSPS) is 40.9. The number of ketones is 1. The van der Waals surface area contributed by atoms with E-state index in [9.17, 15) is 14.4 Å². The molecule has 0 aromatic rings. The third-order valence-corrected chi connectivity index (χ3v) is 9.59. The maximum absolute atomic E-state index is 13.1. The first kappa shape index (κ1) is 23.3. The number of rotatable bonds is 6. The number of aldehydes is 1. The molecule has 1 amide bonds. The molecule has 4 aliphatic rings. The largest absolute Gasteiger partial charge is 0.434 e. The fourth-order valence-electron chi connectivity index (χ4n) is 7.95. The second-order valence-electron chi connectivity index (χ2n) is 11.1. The molecule has 4 aliphatic carbocycles. The molecule has 5 heteroatoms. The summed E-state index contributed by atoms with van der Waals surface area (Å²) in [4.78, 5) is 37.7. The van der Waals surface area contributed by atoms with Crippen molar-refractivity contribution in [2.24, 2.45) is 28.6 Å². The minimum absolute atomic E-state index is 0.0294. The Kier molecular flexibility index (Phi) is 6.15. The quantitative estimate of drug-likeness (QED) is 0.334. The number of fused-ring (bicyclic) bond motifs is 5. The zero-order valence-corrected chi connectivity index (χ0v) is 20.1. The third kappa shape index (κ3) is 3.38. The first-order chi connectivity index (χ1) is 15.2. The number of amides is 1. The summed E-state index contributed by atoms with van der Waals surface area (Å²) in [5.74, 6) is 0.724. The van der Waals surface area contributed by atoms with Crippen LogP contribution in [0, 0.1) is 28.6 Å². The van der Waals surface area contributed by atoms with Gasteiger partial charge in [-0.1, -0.05) is 51.0 Å². The van der Waals surface area contributed by atoms with Crippen molar-refractivity contribution in [3.63, 3.8) is 0 Å². The van der Waals surface area contributed by atoms with E-state index < -0.39 is 22.9 Å².